The maximum atomic E-state index is 5.97. The van der Waals surface area contributed by atoms with Crippen molar-refractivity contribution in [3.63, 3.8) is 0 Å². The third-order valence-corrected chi connectivity index (χ3v) is 3.85. The Morgan fingerprint density at radius 1 is 0.947 bits per heavy atom. The van der Waals surface area contributed by atoms with Crippen molar-refractivity contribution in [3.05, 3.63) is 70.3 Å². The summed E-state index contributed by atoms with van der Waals surface area (Å²) in [5.74, 6) is 0.405. The monoisotopic (exact) mass is 253 g/mol. The first-order chi connectivity index (χ1) is 9.10. The molecule has 0 saturated carbocycles. The minimum atomic E-state index is 0.405. The number of nitrogens with two attached hydrogens (primary N) is 1. The van der Waals surface area contributed by atoms with E-state index >= 15 is 0 Å². The second-order valence-corrected chi connectivity index (χ2v) is 5.47. The van der Waals surface area contributed by atoms with E-state index in [4.69, 9.17) is 5.73 Å². The van der Waals surface area contributed by atoms with Crippen LogP contribution in [0, 0.1) is 20.8 Å². The zero-order valence-corrected chi connectivity index (χ0v) is 12.1. The van der Waals surface area contributed by atoms with Gasteiger partial charge in [-0.2, -0.15) is 0 Å². The highest BCUT2D eigenvalue weighted by atomic mass is 14.5. The van der Waals surface area contributed by atoms with E-state index in [0.717, 1.165) is 6.42 Å². The Morgan fingerprint density at radius 3 is 2.37 bits per heavy atom. The highest BCUT2D eigenvalue weighted by Gasteiger charge is 2.11. The molecular formula is C18H23N. The van der Waals surface area contributed by atoms with Crippen LogP contribution in [0.15, 0.2) is 42.5 Å². The van der Waals surface area contributed by atoms with Crippen LogP contribution in [0.3, 0.4) is 0 Å². The van der Waals surface area contributed by atoms with Gasteiger partial charge in [-0.05, 0) is 56.0 Å². The SMILES string of the molecule is Cc1cccc(C(CN)Cc2ccc(C)c(C)c2)c1. The summed E-state index contributed by atoms with van der Waals surface area (Å²) in [4.78, 5) is 0. The highest BCUT2D eigenvalue weighted by Crippen LogP contribution is 2.22. The molecule has 0 aliphatic carbocycles. The third-order valence-electron chi connectivity index (χ3n) is 3.85. The molecule has 1 atom stereocenters. The molecular weight excluding hydrogens is 230 g/mol. The van der Waals surface area contributed by atoms with Gasteiger partial charge in [0.2, 0.25) is 0 Å². The zero-order valence-electron chi connectivity index (χ0n) is 12.1. The van der Waals surface area contributed by atoms with Crippen molar-refractivity contribution >= 4 is 0 Å². The Kier molecular flexibility index (Phi) is 4.39. The van der Waals surface area contributed by atoms with Crippen molar-refractivity contribution in [2.24, 2.45) is 5.73 Å². The van der Waals surface area contributed by atoms with Crippen molar-refractivity contribution in [1.29, 1.82) is 0 Å². The zero-order chi connectivity index (χ0) is 13.8. The number of hydrogen-bond acceptors (Lipinski definition) is 1. The molecule has 0 amide bonds. The van der Waals surface area contributed by atoms with Gasteiger partial charge in [0.15, 0.2) is 0 Å². The fraction of sp³-hybridized carbons (Fsp3) is 0.333. The van der Waals surface area contributed by atoms with Gasteiger partial charge in [0.25, 0.3) is 0 Å². The van der Waals surface area contributed by atoms with Crippen LogP contribution < -0.4 is 5.73 Å². The van der Waals surface area contributed by atoms with E-state index in [-0.39, 0.29) is 0 Å². The van der Waals surface area contributed by atoms with Crippen molar-refractivity contribution in [1.82, 2.24) is 0 Å². The quantitative estimate of drug-likeness (QED) is 0.878. The summed E-state index contributed by atoms with van der Waals surface area (Å²) >= 11 is 0. The molecule has 2 N–H and O–H groups in total. The van der Waals surface area contributed by atoms with E-state index in [1.807, 2.05) is 0 Å². The smallest absolute Gasteiger partial charge is 0.000167 e. The lowest BCUT2D eigenvalue weighted by Gasteiger charge is -2.16. The van der Waals surface area contributed by atoms with Crippen molar-refractivity contribution in [2.75, 3.05) is 6.54 Å². The predicted molar refractivity (Wildman–Crippen MR) is 82.6 cm³/mol. The van der Waals surface area contributed by atoms with Crippen LogP contribution in [0.5, 0.6) is 0 Å². The number of benzene rings is 2. The average molecular weight is 253 g/mol. The van der Waals surface area contributed by atoms with Crippen LogP contribution in [0.1, 0.15) is 33.7 Å². The van der Waals surface area contributed by atoms with E-state index in [1.165, 1.54) is 27.8 Å². The van der Waals surface area contributed by atoms with Crippen molar-refractivity contribution < 1.29 is 0 Å². The van der Waals surface area contributed by atoms with Crippen LogP contribution in [0.25, 0.3) is 0 Å². The Hall–Kier alpha value is -1.60. The topological polar surface area (TPSA) is 26.0 Å². The lowest BCUT2D eigenvalue weighted by molar-refractivity contribution is 0.693. The van der Waals surface area contributed by atoms with Gasteiger partial charge in [0.1, 0.15) is 0 Å². The van der Waals surface area contributed by atoms with Gasteiger partial charge in [0, 0.05) is 5.92 Å². The Morgan fingerprint density at radius 2 is 1.74 bits per heavy atom. The van der Waals surface area contributed by atoms with E-state index in [9.17, 15) is 0 Å². The summed E-state index contributed by atoms with van der Waals surface area (Å²) < 4.78 is 0. The van der Waals surface area contributed by atoms with Crippen molar-refractivity contribution in [2.45, 2.75) is 33.1 Å². The van der Waals surface area contributed by atoms with Gasteiger partial charge in [-0.3, -0.25) is 0 Å². The summed E-state index contributed by atoms with van der Waals surface area (Å²) in [7, 11) is 0. The highest BCUT2D eigenvalue weighted by molar-refractivity contribution is 5.33. The lowest BCUT2D eigenvalue weighted by Crippen LogP contribution is -2.15. The molecule has 0 aliphatic heterocycles. The molecule has 2 aromatic rings. The van der Waals surface area contributed by atoms with Crippen LogP contribution >= 0.6 is 0 Å². The first kappa shape index (κ1) is 13.8. The molecule has 1 unspecified atom stereocenters. The van der Waals surface area contributed by atoms with E-state index in [0.29, 0.717) is 12.5 Å². The molecule has 0 aliphatic rings. The minimum absolute atomic E-state index is 0.405. The average Bonchev–Trinajstić information content (AvgIpc) is 2.40. The molecule has 0 fully saturated rings. The summed E-state index contributed by atoms with van der Waals surface area (Å²) in [5.41, 5.74) is 12.7. The molecule has 0 bridgehead atoms. The number of hydrogen-bond donors (Lipinski definition) is 1. The summed E-state index contributed by atoms with van der Waals surface area (Å²) in [6.07, 6.45) is 1.01. The van der Waals surface area contributed by atoms with Crippen LogP contribution in [-0.4, -0.2) is 6.54 Å². The maximum absolute atomic E-state index is 5.97. The molecule has 19 heavy (non-hydrogen) atoms. The Labute approximate surface area is 116 Å². The second-order valence-electron chi connectivity index (χ2n) is 5.47. The lowest BCUT2D eigenvalue weighted by atomic mass is 9.90. The molecule has 0 heterocycles. The molecule has 1 nitrogen and oxygen atoms in total. The molecule has 1 heteroatoms. The van der Waals surface area contributed by atoms with Crippen LogP contribution in [0.4, 0.5) is 0 Å². The Bertz CT molecular complexity index is 557. The van der Waals surface area contributed by atoms with E-state index in [2.05, 4.69) is 63.2 Å². The molecule has 2 aromatic carbocycles. The standard InChI is InChI=1S/C18H23N/c1-13-5-4-6-17(9-13)18(12-19)11-16-8-7-14(2)15(3)10-16/h4-10,18H,11-12,19H2,1-3H3. The molecule has 0 radical (unpaired) electrons. The van der Waals surface area contributed by atoms with E-state index in [1.54, 1.807) is 0 Å². The van der Waals surface area contributed by atoms with Gasteiger partial charge in [-0.15, -0.1) is 0 Å². The normalized spacial score (nSPS) is 12.4. The second kappa shape index (κ2) is 6.03. The van der Waals surface area contributed by atoms with Gasteiger partial charge in [-0.1, -0.05) is 48.0 Å². The van der Waals surface area contributed by atoms with Crippen LogP contribution in [-0.2, 0) is 6.42 Å². The van der Waals surface area contributed by atoms with Gasteiger partial charge in [-0.25, -0.2) is 0 Å². The van der Waals surface area contributed by atoms with Gasteiger partial charge < -0.3 is 5.73 Å². The number of rotatable bonds is 4. The molecule has 0 saturated heterocycles. The van der Waals surface area contributed by atoms with Gasteiger partial charge >= 0.3 is 0 Å². The minimum Gasteiger partial charge on any atom is -0.330 e. The van der Waals surface area contributed by atoms with Gasteiger partial charge in [0.05, 0.1) is 0 Å². The molecule has 0 spiro atoms. The third kappa shape index (κ3) is 3.45. The first-order valence-corrected chi connectivity index (χ1v) is 6.93. The summed E-state index contributed by atoms with van der Waals surface area (Å²) in [6.45, 7) is 7.15. The fourth-order valence-corrected chi connectivity index (χ4v) is 2.48. The number of aryl methyl sites for hydroxylation is 3. The largest absolute Gasteiger partial charge is 0.330 e. The first-order valence-electron chi connectivity index (χ1n) is 6.93. The molecule has 100 valence electrons. The summed E-state index contributed by atoms with van der Waals surface area (Å²) in [5, 5.41) is 0. The fourth-order valence-electron chi connectivity index (χ4n) is 2.48. The van der Waals surface area contributed by atoms with Crippen molar-refractivity contribution in [3.8, 4) is 0 Å². The summed E-state index contributed by atoms with van der Waals surface area (Å²) in [6, 6.07) is 15.4. The molecule has 0 aromatic heterocycles. The van der Waals surface area contributed by atoms with E-state index < -0.39 is 0 Å². The van der Waals surface area contributed by atoms with Crippen LogP contribution in [0.2, 0.25) is 0 Å². The maximum Gasteiger partial charge on any atom is 0.000167 e. The Balaban J connectivity index is 2.21. The predicted octanol–water partition coefficient (Wildman–Crippen LogP) is 3.90. The molecule has 2 rings (SSSR count).